The highest BCUT2D eigenvalue weighted by atomic mass is 32.1. The van der Waals surface area contributed by atoms with Crippen LogP contribution in [0.5, 0.6) is 5.75 Å². The van der Waals surface area contributed by atoms with E-state index in [-0.39, 0.29) is 23.3 Å². The number of thiophene rings is 2. The number of amides is 1. The molecule has 4 nitrogen and oxygen atoms in total. The van der Waals surface area contributed by atoms with Crippen molar-refractivity contribution in [3.05, 3.63) is 68.5 Å². The van der Waals surface area contributed by atoms with E-state index in [0.717, 1.165) is 22.5 Å². The number of esters is 1. The lowest BCUT2D eigenvalue weighted by atomic mass is 9.80. The smallest absolute Gasteiger partial charge is 0.353 e. The number of hydrogen-bond donors (Lipinski definition) is 0. The van der Waals surface area contributed by atoms with Gasteiger partial charge in [-0.1, -0.05) is 19.1 Å². The average Bonchev–Trinajstić information content (AvgIpc) is 3.35. The van der Waals surface area contributed by atoms with Crippen molar-refractivity contribution < 1.29 is 14.3 Å². The van der Waals surface area contributed by atoms with Gasteiger partial charge in [-0.3, -0.25) is 4.79 Å². The molecular weight excluding hydrogens is 390 g/mol. The summed E-state index contributed by atoms with van der Waals surface area (Å²) in [4.78, 5) is 28.7. The third-order valence-corrected chi connectivity index (χ3v) is 6.76. The molecule has 6 heteroatoms. The Bertz CT molecular complexity index is 1010. The highest BCUT2D eigenvalue weighted by molar-refractivity contribution is 7.12. The highest BCUT2D eigenvalue weighted by Gasteiger charge is 2.40. The van der Waals surface area contributed by atoms with Crippen LogP contribution in [0.25, 0.3) is 0 Å². The van der Waals surface area contributed by atoms with Crippen LogP contribution in [0.1, 0.15) is 58.0 Å². The molecule has 1 aromatic carbocycles. The molecule has 0 bridgehead atoms. The van der Waals surface area contributed by atoms with Crippen LogP contribution in [0.4, 0.5) is 5.69 Å². The summed E-state index contributed by atoms with van der Waals surface area (Å²) in [6.07, 6.45) is 0.833. The van der Waals surface area contributed by atoms with E-state index in [0.29, 0.717) is 10.6 Å². The van der Waals surface area contributed by atoms with Crippen LogP contribution in [0.2, 0.25) is 0 Å². The maximum atomic E-state index is 13.2. The number of rotatable bonds is 3. The molecule has 144 valence electrons. The highest BCUT2D eigenvalue weighted by Crippen LogP contribution is 2.45. The van der Waals surface area contributed by atoms with Gasteiger partial charge in [0.2, 0.25) is 0 Å². The maximum Gasteiger partial charge on any atom is 0.353 e. The topological polar surface area (TPSA) is 46.6 Å². The Balaban J connectivity index is 1.70. The van der Waals surface area contributed by atoms with Crippen LogP contribution in [-0.4, -0.2) is 17.4 Å². The first kappa shape index (κ1) is 18.9. The Morgan fingerprint density at radius 3 is 2.39 bits per heavy atom. The second-order valence-electron chi connectivity index (χ2n) is 7.62. The van der Waals surface area contributed by atoms with Gasteiger partial charge in [-0.05, 0) is 72.8 Å². The third kappa shape index (κ3) is 3.38. The molecule has 0 fully saturated rings. The number of fused-ring (bicyclic) bond motifs is 1. The standard InChI is InChI=1S/C22H21NO3S2/c1-14-13-22(2,3)23(20(24)18-6-4-10-27-18)17-9-8-15(12-16(14)17)26-21(25)19-7-5-11-28-19/h4-12,14H,13H2,1-3H3. The van der Waals surface area contributed by atoms with Gasteiger partial charge in [0.15, 0.2) is 0 Å². The molecule has 0 saturated heterocycles. The molecule has 0 saturated carbocycles. The molecule has 0 radical (unpaired) electrons. The number of hydrogen-bond acceptors (Lipinski definition) is 5. The zero-order valence-corrected chi connectivity index (χ0v) is 17.6. The number of carbonyl (C=O) groups is 2. The van der Waals surface area contributed by atoms with E-state index >= 15 is 0 Å². The lowest BCUT2D eigenvalue weighted by Crippen LogP contribution is -2.51. The molecule has 1 unspecified atom stereocenters. The van der Waals surface area contributed by atoms with Gasteiger partial charge in [0.1, 0.15) is 10.6 Å². The lowest BCUT2D eigenvalue weighted by Gasteiger charge is -2.45. The van der Waals surface area contributed by atoms with Crippen LogP contribution in [0, 0.1) is 0 Å². The number of nitrogens with zero attached hydrogens (tertiary/aromatic N) is 1. The molecule has 28 heavy (non-hydrogen) atoms. The summed E-state index contributed by atoms with van der Waals surface area (Å²) in [5, 5.41) is 3.77. The SMILES string of the molecule is CC1CC(C)(C)N(C(=O)c2cccs2)c2ccc(OC(=O)c3cccs3)cc21. The molecule has 3 heterocycles. The van der Waals surface area contributed by atoms with Crippen molar-refractivity contribution in [1.82, 2.24) is 0 Å². The van der Waals surface area contributed by atoms with Crippen LogP contribution < -0.4 is 9.64 Å². The number of anilines is 1. The van der Waals surface area contributed by atoms with E-state index in [4.69, 9.17) is 4.74 Å². The largest absolute Gasteiger partial charge is 0.422 e. The van der Waals surface area contributed by atoms with E-state index in [1.165, 1.54) is 22.7 Å². The van der Waals surface area contributed by atoms with Gasteiger partial charge >= 0.3 is 5.97 Å². The average molecular weight is 412 g/mol. The van der Waals surface area contributed by atoms with E-state index in [9.17, 15) is 9.59 Å². The van der Waals surface area contributed by atoms with Gasteiger partial charge < -0.3 is 9.64 Å². The van der Waals surface area contributed by atoms with Crippen molar-refractivity contribution in [3.63, 3.8) is 0 Å². The predicted molar refractivity (Wildman–Crippen MR) is 114 cm³/mol. The third-order valence-electron chi connectivity index (χ3n) is 5.05. The van der Waals surface area contributed by atoms with Gasteiger partial charge in [-0.2, -0.15) is 0 Å². The van der Waals surface area contributed by atoms with Crippen molar-refractivity contribution in [2.45, 2.75) is 38.6 Å². The normalized spacial score (nSPS) is 17.8. The molecule has 0 spiro atoms. The van der Waals surface area contributed by atoms with Crippen LogP contribution in [0.3, 0.4) is 0 Å². The Morgan fingerprint density at radius 1 is 1.07 bits per heavy atom. The van der Waals surface area contributed by atoms with Gasteiger partial charge in [-0.15, -0.1) is 22.7 Å². The second kappa shape index (κ2) is 7.18. The summed E-state index contributed by atoms with van der Waals surface area (Å²) in [5.74, 6) is 0.409. The molecular formula is C22H21NO3S2. The molecule has 3 aromatic rings. The molecule has 1 atom stereocenters. The quantitative estimate of drug-likeness (QED) is 0.394. The maximum absolute atomic E-state index is 13.2. The Kier molecular flexibility index (Phi) is 4.85. The first-order valence-electron chi connectivity index (χ1n) is 9.14. The minimum atomic E-state index is -0.356. The van der Waals surface area contributed by atoms with E-state index in [1.807, 2.05) is 46.0 Å². The Hall–Kier alpha value is -2.44. The zero-order chi connectivity index (χ0) is 19.9. The fraction of sp³-hybridized carbons (Fsp3) is 0.273. The summed E-state index contributed by atoms with van der Waals surface area (Å²) < 4.78 is 5.56. The van der Waals surface area contributed by atoms with Gasteiger partial charge in [-0.25, -0.2) is 4.79 Å². The molecule has 2 aromatic heterocycles. The van der Waals surface area contributed by atoms with Crippen molar-refractivity contribution in [2.75, 3.05) is 4.90 Å². The number of carbonyl (C=O) groups excluding carboxylic acids is 2. The molecule has 0 N–H and O–H groups in total. The summed E-state index contributed by atoms with van der Waals surface area (Å²) in [5.41, 5.74) is 1.61. The van der Waals surface area contributed by atoms with E-state index in [1.54, 1.807) is 12.1 Å². The van der Waals surface area contributed by atoms with Crippen molar-refractivity contribution >= 4 is 40.2 Å². The first-order chi connectivity index (χ1) is 13.4. The summed E-state index contributed by atoms with van der Waals surface area (Å²) >= 11 is 2.81. The minimum absolute atomic E-state index is 0.0106. The van der Waals surface area contributed by atoms with Crippen LogP contribution in [0.15, 0.2) is 53.2 Å². The Morgan fingerprint density at radius 2 is 1.75 bits per heavy atom. The van der Waals surface area contributed by atoms with Gasteiger partial charge in [0, 0.05) is 11.2 Å². The molecule has 0 aliphatic carbocycles. The minimum Gasteiger partial charge on any atom is -0.422 e. The molecule has 1 amide bonds. The van der Waals surface area contributed by atoms with Crippen molar-refractivity contribution in [3.8, 4) is 5.75 Å². The monoisotopic (exact) mass is 411 g/mol. The van der Waals surface area contributed by atoms with Gasteiger partial charge in [0.05, 0.1) is 4.88 Å². The fourth-order valence-corrected chi connectivity index (χ4v) is 5.17. The lowest BCUT2D eigenvalue weighted by molar-refractivity contribution is 0.0739. The second-order valence-corrected chi connectivity index (χ2v) is 9.52. The summed E-state index contributed by atoms with van der Waals surface area (Å²) in [6.45, 7) is 6.35. The summed E-state index contributed by atoms with van der Waals surface area (Å²) in [6, 6.07) is 12.9. The van der Waals surface area contributed by atoms with Crippen LogP contribution >= 0.6 is 22.7 Å². The number of ether oxygens (including phenoxy) is 1. The van der Waals surface area contributed by atoms with Crippen molar-refractivity contribution in [1.29, 1.82) is 0 Å². The predicted octanol–water partition coefficient (Wildman–Crippen LogP) is 5.96. The fourth-order valence-electron chi connectivity index (χ4n) is 3.92. The van der Waals surface area contributed by atoms with E-state index in [2.05, 4.69) is 20.8 Å². The van der Waals surface area contributed by atoms with Crippen LogP contribution in [-0.2, 0) is 0 Å². The zero-order valence-electron chi connectivity index (χ0n) is 16.0. The van der Waals surface area contributed by atoms with Gasteiger partial charge in [0.25, 0.3) is 5.91 Å². The Labute approximate surface area is 172 Å². The molecule has 4 rings (SSSR count). The first-order valence-corrected chi connectivity index (χ1v) is 10.9. The van der Waals surface area contributed by atoms with E-state index < -0.39 is 0 Å². The molecule has 1 aliphatic rings. The number of benzene rings is 1. The summed E-state index contributed by atoms with van der Waals surface area (Å²) in [7, 11) is 0. The van der Waals surface area contributed by atoms with Crippen molar-refractivity contribution in [2.24, 2.45) is 0 Å². The molecule has 1 aliphatic heterocycles.